The fourth-order valence-corrected chi connectivity index (χ4v) is 1.71. The van der Waals surface area contributed by atoms with Crippen molar-refractivity contribution >= 4 is 20.1 Å². The van der Waals surface area contributed by atoms with Gasteiger partial charge in [0.2, 0.25) is 0 Å². The van der Waals surface area contributed by atoms with E-state index in [1.54, 1.807) is 0 Å². The molecule has 0 saturated carbocycles. The zero-order valence-corrected chi connectivity index (χ0v) is 14.1. The van der Waals surface area contributed by atoms with Crippen molar-refractivity contribution in [3.8, 4) is 0 Å². The molecule has 1 aromatic rings. The average Bonchev–Trinajstić information content (AvgIpc) is 2.45. The first-order valence-electron chi connectivity index (χ1n) is 6.93. The van der Waals surface area contributed by atoms with Crippen LogP contribution in [0.3, 0.4) is 0 Å². The Hall–Kier alpha value is -1.59. The number of rotatable bonds is 5. The van der Waals surface area contributed by atoms with Crippen molar-refractivity contribution < 1.29 is 31.9 Å². The number of halogens is 3. The molecule has 0 aromatic heterocycles. The van der Waals surface area contributed by atoms with Crippen molar-refractivity contribution in [2.75, 3.05) is 0 Å². The van der Waals surface area contributed by atoms with Crippen LogP contribution >= 0.6 is 8.25 Å². The van der Waals surface area contributed by atoms with Gasteiger partial charge in [-0.3, -0.25) is 4.79 Å². The Balaban J connectivity index is 0.00000108. The molecule has 0 aliphatic carbocycles. The van der Waals surface area contributed by atoms with E-state index in [1.165, 1.54) is 25.0 Å². The lowest BCUT2D eigenvalue weighted by Gasteiger charge is -2.11. The quantitative estimate of drug-likeness (QED) is 0.468. The number of unbranched alkanes of at least 4 members (excludes halogenated alkanes) is 1. The highest BCUT2D eigenvalue weighted by Crippen LogP contribution is 2.33. The van der Waals surface area contributed by atoms with Crippen LogP contribution in [0.4, 0.5) is 13.2 Å². The highest BCUT2D eigenvalue weighted by molar-refractivity contribution is 7.32. The van der Waals surface area contributed by atoms with Crippen LogP contribution in [0.1, 0.15) is 44.7 Å². The SMILES string of the molecule is CC(=O)/C(=C\c1ccccc1C(F)(F)F)O[PH](=O)O.CCCC. The maximum atomic E-state index is 12.7. The van der Waals surface area contributed by atoms with Gasteiger partial charge < -0.3 is 9.42 Å². The second-order valence-electron chi connectivity index (χ2n) is 4.52. The van der Waals surface area contributed by atoms with E-state index in [0.29, 0.717) is 0 Å². The standard InChI is InChI=1S/C11H10F3O4P.C4H10/c1-7(15)10(18-19(16)17)6-8-4-2-3-5-9(8)11(12,13)14;1-3-4-2/h2-6,19H,1H3,(H,16,17);3-4H2,1-2H3/b10-6+;. The fraction of sp³-hybridized carbons (Fsp3) is 0.400. The van der Waals surface area contributed by atoms with Gasteiger partial charge in [-0.05, 0) is 17.7 Å². The number of Topliss-reactive ketones (excluding diaryl/α,β-unsaturated/α-hetero) is 1. The topological polar surface area (TPSA) is 63.6 Å². The summed E-state index contributed by atoms with van der Waals surface area (Å²) >= 11 is 0. The third-order valence-corrected chi connectivity index (χ3v) is 2.99. The van der Waals surface area contributed by atoms with Crippen molar-refractivity contribution in [2.24, 2.45) is 0 Å². The molecule has 0 aliphatic heterocycles. The van der Waals surface area contributed by atoms with E-state index in [-0.39, 0.29) is 5.56 Å². The first-order valence-corrected chi connectivity index (χ1v) is 8.19. The maximum Gasteiger partial charge on any atom is 0.416 e. The van der Waals surface area contributed by atoms with Gasteiger partial charge in [-0.2, -0.15) is 13.2 Å². The van der Waals surface area contributed by atoms with E-state index in [4.69, 9.17) is 4.89 Å². The summed E-state index contributed by atoms with van der Waals surface area (Å²) in [5, 5.41) is 0. The Bertz CT molecular complexity index is 566. The lowest BCUT2D eigenvalue weighted by Crippen LogP contribution is -2.08. The van der Waals surface area contributed by atoms with Crippen LogP contribution in [-0.2, 0) is 20.1 Å². The summed E-state index contributed by atoms with van der Waals surface area (Å²) in [4.78, 5) is 19.7. The molecule has 0 spiro atoms. The number of ketones is 1. The Kier molecular flexibility index (Phi) is 9.53. The Morgan fingerprint density at radius 3 is 2.17 bits per heavy atom. The molecule has 4 nitrogen and oxygen atoms in total. The van der Waals surface area contributed by atoms with Crippen LogP contribution in [0.5, 0.6) is 0 Å². The fourth-order valence-electron chi connectivity index (χ4n) is 1.32. The third kappa shape index (κ3) is 8.57. The summed E-state index contributed by atoms with van der Waals surface area (Å²) in [7, 11) is -3.47. The van der Waals surface area contributed by atoms with Crippen LogP contribution in [0.25, 0.3) is 6.08 Å². The smallest absolute Gasteiger partial charge is 0.416 e. The molecule has 0 heterocycles. The number of alkyl halides is 3. The van der Waals surface area contributed by atoms with Crippen LogP contribution in [0, 0.1) is 0 Å². The summed E-state index contributed by atoms with van der Waals surface area (Å²) in [6, 6.07) is 4.51. The normalized spacial score (nSPS) is 12.9. The van der Waals surface area contributed by atoms with Crippen LogP contribution in [0.15, 0.2) is 30.0 Å². The van der Waals surface area contributed by atoms with Crippen LogP contribution in [0.2, 0.25) is 0 Å². The Labute approximate surface area is 133 Å². The van der Waals surface area contributed by atoms with Gasteiger partial charge in [0.25, 0.3) is 0 Å². The number of benzene rings is 1. The monoisotopic (exact) mass is 352 g/mol. The average molecular weight is 352 g/mol. The van der Waals surface area contributed by atoms with E-state index in [2.05, 4.69) is 18.4 Å². The molecule has 1 N–H and O–H groups in total. The highest BCUT2D eigenvalue weighted by atomic mass is 31.1. The van der Waals surface area contributed by atoms with Gasteiger partial charge in [0.15, 0.2) is 11.5 Å². The zero-order valence-electron chi connectivity index (χ0n) is 13.1. The Morgan fingerprint density at radius 1 is 1.26 bits per heavy atom. The predicted octanol–water partition coefficient (Wildman–Crippen LogP) is 4.84. The van der Waals surface area contributed by atoms with Crippen molar-refractivity contribution in [1.82, 2.24) is 0 Å². The molecule has 0 amide bonds. The van der Waals surface area contributed by atoms with Crippen LogP contribution < -0.4 is 0 Å². The van der Waals surface area contributed by atoms with Gasteiger partial charge in [0, 0.05) is 6.92 Å². The molecule has 0 saturated heterocycles. The first-order chi connectivity index (χ1) is 10.6. The van der Waals surface area contributed by atoms with Gasteiger partial charge in [-0.25, -0.2) is 4.57 Å². The highest BCUT2D eigenvalue weighted by Gasteiger charge is 2.32. The molecular weight excluding hydrogens is 332 g/mol. The molecule has 0 radical (unpaired) electrons. The number of carbonyl (C=O) groups is 1. The molecule has 23 heavy (non-hydrogen) atoms. The molecule has 0 bridgehead atoms. The molecule has 1 atom stereocenters. The minimum absolute atomic E-state index is 0.316. The molecule has 1 rings (SSSR count). The molecule has 1 aromatic carbocycles. The second kappa shape index (κ2) is 10.2. The summed E-state index contributed by atoms with van der Waals surface area (Å²) in [5.41, 5.74) is -1.28. The molecule has 8 heteroatoms. The predicted molar refractivity (Wildman–Crippen MR) is 83.0 cm³/mol. The lowest BCUT2D eigenvalue weighted by atomic mass is 10.1. The van der Waals surface area contributed by atoms with Crippen molar-refractivity contribution in [3.05, 3.63) is 41.2 Å². The third-order valence-electron chi connectivity index (χ3n) is 2.60. The molecule has 0 fully saturated rings. The van der Waals surface area contributed by atoms with Gasteiger partial charge >= 0.3 is 14.4 Å². The minimum atomic E-state index is -4.60. The van der Waals surface area contributed by atoms with Gasteiger partial charge in [0.05, 0.1) is 5.56 Å². The number of carbonyl (C=O) groups excluding carboxylic acids is 1. The summed E-state index contributed by atoms with van der Waals surface area (Å²) in [6.45, 7) is 5.38. The second-order valence-corrected chi connectivity index (χ2v) is 5.25. The van der Waals surface area contributed by atoms with E-state index in [9.17, 15) is 22.5 Å². The number of allylic oxidation sites excluding steroid dienone is 1. The molecule has 0 aliphatic rings. The van der Waals surface area contributed by atoms with Gasteiger partial charge in [-0.1, -0.05) is 44.9 Å². The summed E-state index contributed by atoms with van der Waals surface area (Å²) in [6.07, 6.45) is -1.16. The molecular formula is C15H20F3O4P. The van der Waals surface area contributed by atoms with Gasteiger partial charge in [0.1, 0.15) is 0 Å². The van der Waals surface area contributed by atoms with Crippen molar-refractivity contribution in [2.45, 2.75) is 39.8 Å². The van der Waals surface area contributed by atoms with Crippen molar-refractivity contribution in [1.29, 1.82) is 0 Å². The Morgan fingerprint density at radius 2 is 1.78 bits per heavy atom. The van der Waals surface area contributed by atoms with E-state index < -0.39 is 31.5 Å². The van der Waals surface area contributed by atoms with Crippen molar-refractivity contribution in [3.63, 3.8) is 0 Å². The summed E-state index contributed by atoms with van der Waals surface area (Å²) in [5.74, 6) is -1.34. The zero-order chi connectivity index (χ0) is 18.0. The summed E-state index contributed by atoms with van der Waals surface area (Å²) < 4.78 is 53.0. The van der Waals surface area contributed by atoms with E-state index >= 15 is 0 Å². The number of hydrogen-bond acceptors (Lipinski definition) is 3. The minimum Gasteiger partial charge on any atom is -0.423 e. The van der Waals surface area contributed by atoms with E-state index in [1.807, 2.05) is 0 Å². The van der Waals surface area contributed by atoms with E-state index in [0.717, 1.165) is 25.1 Å². The number of hydrogen-bond donors (Lipinski definition) is 1. The molecule has 1 unspecified atom stereocenters. The maximum absolute atomic E-state index is 12.7. The molecule has 130 valence electrons. The van der Waals surface area contributed by atoms with Gasteiger partial charge in [-0.15, -0.1) is 0 Å². The lowest BCUT2D eigenvalue weighted by molar-refractivity contribution is -0.137. The first kappa shape index (κ1) is 21.4. The van der Waals surface area contributed by atoms with Crippen LogP contribution in [-0.4, -0.2) is 10.7 Å². The largest absolute Gasteiger partial charge is 0.423 e.